The maximum atomic E-state index is 12.2. The molecule has 2 heterocycles. The summed E-state index contributed by atoms with van der Waals surface area (Å²) in [6.45, 7) is 0. The Morgan fingerprint density at radius 2 is 2.19 bits per heavy atom. The van der Waals surface area contributed by atoms with Crippen LogP contribution in [0, 0.1) is 0 Å². The first kappa shape index (κ1) is 13.5. The van der Waals surface area contributed by atoms with Gasteiger partial charge in [0.25, 0.3) is 5.91 Å². The van der Waals surface area contributed by atoms with Crippen molar-refractivity contribution in [3.8, 4) is 5.75 Å². The van der Waals surface area contributed by atoms with Gasteiger partial charge in [-0.25, -0.2) is 4.99 Å². The predicted octanol–water partition coefficient (Wildman–Crippen LogP) is 3.22. The van der Waals surface area contributed by atoms with E-state index in [0.717, 1.165) is 0 Å². The number of amidine groups is 1. The molecule has 6 heteroatoms. The Kier molecular flexibility index (Phi) is 3.53. The average molecular weight is 300 g/mol. The number of carbonyl (C=O) groups excluding carboxylic acids is 1. The summed E-state index contributed by atoms with van der Waals surface area (Å²) >= 11 is 1.27. The quantitative estimate of drug-likeness (QED) is 0.865. The summed E-state index contributed by atoms with van der Waals surface area (Å²) in [5.74, 6) is 0.633. The summed E-state index contributed by atoms with van der Waals surface area (Å²) in [6.07, 6.45) is 3.25. The van der Waals surface area contributed by atoms with Crippen molar-refractivity contribution in [2.24, 2.45) is 4.99 Å². The van der Waals surface area contributed by atoms with E-state index >= 15 is 0 Å². The van der Waals surface area contributed by atoms with Gasteiger partial charge in [0.2, 0.25) is 0 Å². The molecule has 0 radical (unpaired) electrons. The van der Waals surface area contributed by atoms with Gasteiger partial charge in [0, 0.05) is 19.2 Å². The lowest BCUT2D eigenvalue weighted by molar-refractivity contribution is -0.121. The molecule has 0 atom stereocenters. The third-order valence-electron chi connectivity index (χ3n) is 2.87. The zero-order valence-corrected chi connectivity index (χ0v) is 12.0. The number of likely N-dealkylation sites (N-methyl/N-ethyl adjacent to an activating group) is 1. The molecular weight excluding hydrogens is 288 g/mol. The van der Waals surface area contributed by atoms with Gasteiger partial charge in [-0.2, -0.15) is 0 Å². The lowest BCUT2D eigenvalue weighted by Gasteiger charge is -2.07. The molecule has 1 saturated heterocycles. The predicted molar refractivity (Wildman–Crippen MR) is 82.2 cm³/mol. The molecule has 5 nitrogen and oxygen atoms in total. The smallest absolute Gasteiger partial charge is 0.266 e. The van der Waals surface area contributed by atoms with Gasteiger partial charge in [-0.15, -0.1) is 0 Å². The summed E-state index contributed by atoms with van der Waals surface area (Å²) in [4.78, 5) is 18.6. The van der Waals surface area contributed by atoms with Crippen molar-refractivity contribution in [3.63, 3.8) is 0 Å². The monoisotopic (exact) mass is 300 g/mol. The molecule has 1 amide bonds. The van der Waals surface area contributed by atoms with Crippen LogP contribution in [0.4, 0.5) is 5.69 Å². The summed E-state index contributed by atoms with van der Waals surface area (Å²) in [7, 11) is 1.67. The Balaban J connectivity index is 1.90. The molecule has 1 fully saturated rings. The number of rotatable bonds is 2. The van der Waals surface area contributed by atoms with Crippen LogP contribution in [0.5, 0.6) is 5.75 Å². The van der Waals surface area contributed by atoms with E-state index in [2.05, 4.69) is 4.99 Å². The fourth-order valence-corrected chi connectivity index (χ4v) is 2.79. The fourth-order valence-electron chi connectivity index (χ4n) is 1.83. The van der Waals surface area contributed by atoms with Crippen molar-refractivity contribution < 1.29 is 14.3 Å². The number of benzene rings is 1. The van der Waals surface area contributed by atoms with Gasteiger partial charge >= 0.3 is 0 Å². The number of thioether (sulfide) groups is 1. The second-order valence-corrected chi connectivity index (χ2v) is 5.41. The first-order valence-electron chi connectivity index (χ1n) is 6.22. The van der Waals surface area contributed by atoms with Gasteiger partial charge in [-0.05, 0) is 36.0 Å². The maximum absolute atomic E-state index is 12.2. The molecule has 0 aliphatic carbocycles. The van der Waals surface area contributed by atoms with Gasteiger partial charge in [-0.1, -0.05) is 6.07 Å². The number of phenols is 1. The van der Waals surface area contributed by atoms with Crippen LogP contribution in [0.3, 0.4) is 0 Å². The number of hydrogen-bond donors (Lipinski definition) is 1. The van der Waals surface area contributed by atoms with E-state index < -0.39 is 0 Å². The molecule has 3 rings (SSSR count). The number of carbonyl (C=O) groups is 1. The van der Waals surface area contributed by atoms with Crippen molar-refractivity contribution in [1.29, 1.82) is 0 Å². The van der Waals surface area contributed by atoms with Gasteiger partial charge < -0.3 is 9.52 Å². The zero-order chi connectivity index (χ0) is 14.8. The summed E-state index contributed by atoms with van der Waals surface area (Å²) in [5, 5.41) is 10.0. The van der Waals surface area contributed by atoms with E-state index in [-0.39, 0.29) is 11.7 Å². The lowest BCUT2D eigenvalue weighted by Crippen LogP contribution is -2.23. The molecule has 0 bridgehead atoms. The minimum absolute atomic E-state index is 0.129. The molecule has 0 unspecified atom stereocenters. The second-order valence-electron chi connectivity index (χ2n) is 4.40. The Morgan fingerprint density at radius 3 is 2.90 bits per heavy atom. The number of aliphatic imine (C=N–C) groups is 1. The Labute approximate surface area is 125 Å². The van der Waals surface area contributed by atoms with E-state index in [1.807, 2.05) is 0 Å². The summed E-state index contributed by atoms with van der Waals surface area (Å²) in [5.41, 5.74) is 0.594. The molecule has 106 valence electrons. The molecule has 1 aliphatic rings. The van der Waals surface area contributed by atoms with Gasteiger partial charge in [0.1, 0.15) is 11.5 Å². The average Bonchev–Trinajstić information content (AvgIpc) is 3.05. The van der Waals surface area contributed by atoms with Crippen LogP contribution < -0.4 is 0 Å². The SMILES string of the molecule is CN1C(=O)/C(=C/c2ccco2)SC1=Nc1cccc(O)c1. The van der Waals surface area contributed by atoms with E-state index in [1.54, 1.807) is 55.8 Å². The van der Waals surface area contributed by atoms with Crippen molar-refractivity contribution in [2.75, 3.05) is 7.05 Å². The van der Waals surface area contributed by atoms with Crippen LogP contribution in [-0.4, -0.2) is 28.1 Å². The summed E-state index contributed by atoms with van der Waals surface area (Å²) < 4.78 is 5.21. The third kappa shape index (κ3) is 2.85. The molecule has 1 aliphatic heterocycles. The Morgan fingerprint density at radius 1 is 1.33 bits per heavy atom. The molecule has 0 spiro atoms. The van der Waals surface area contributed by atoms with E-state index in [4.69, 9.17) is 4.42 Å². The fraction of sp³-hybridized carbons (Fsp3) is 0.0667. The summed E-state index contributed by atoms with van der Waals surface area (Å²) in [6, 6.07) is 10.1. The first-order valence-corrected chi connectivity index (χ1v) is 7.04. The molecular formula is C15H12N2O3S. The maximum Gasteiger partial charge on any atom is 0.266 e. The number of phenolic OH excluding ortho intramolecular Hbond substituents is 1. The highest BCUT2D eigenvalue weighted by Gasteiger charge is 2.30. The van der Waals surface area contributed by atoms with Crippen LogP contribution in [0.1, 0.15) is 5.76 Å². The highest BCUT2D eigenvalue weighted by molar-refractivity contribution is 8.18. The highest BCUT2D eigenvalue weighted by Crippen LogP contribution is 2.33. The number of amides is 1. The molecule has 21 heavy (non-hydrogen) atoms. The standard InChI is InChI=1S/C15H12N2O3S/c1-17-14(19)13(9-12-6-3-7-20-12)21-15(17)16-10-4-2-5-11(18)8-10/h2-9,18H,1H3/b13-9-,16-15?. The van der Waals surface area contributed by atoms with Gasteiger partial charge in [0.05, 0.1) is 16.9 Å². The van der Waals surface area contributed by atoms with Crippen LogP contribution in [0.25, 0.3) is 6.08 Å². The Bertz CT molecular complexity index is 735. The van der Waals surface area contributed by atoms with E-state index in [9.17, 15) is 9.90 Å². The first-order chi connectivity index (χ1) is 10.1. The van der Waals surface area contributed by atoms with E-state index in [1.165, 1.54) is 16.7 Å². The van der Waals surface area contributed by atoms with Crippen molar-refractivity contribution in [3.05, 3.63) is 53.3 Å². The van der Waals surface area contributed by atoms with Gasteiger partial charge in [0.15, 0.2) is 5.17 Å². The third-order valence-corrected chi connectivity index (χ3v) is 3.93. The molecule has 1 aromatic carbocycles. The van der Waals surface area contributed by atoms with Crippen molar-refractivity contribution in [1.82, 2.24) is 4.90 Å². The zero-order valence-electron chi connectivity index (χ0n) is 11.2. The molecule has 0 saturated carbocycles. The van der Waals surface area contributed by atoms with Gasteiger partial charge in [-0.3, -0.25) is 9.69 Å². The molecule has 1 aromatic heterocycles. The largest absolute Gasteiger partial charge is 0.508 e. The highest BCUT2D eigenvalue weighted by atomic mass is 32.2. The Hall–Kier alpha value is -2.47. The van der Waals surface area contributed by atoms with Crippen LogP contribution >= 0.6 is 11.8 Å². The second kappa shape index (κ2) is 5.49. The number of nitrogens with zero attached hydrogens (tertiary/aromatic N) is 2. The number of hydrogen-bond acceptors (Lipinski definition) is 5. The lowest BCUT2D eigenvalue weighted by atomic mass is 10.3. The van der Waals surface area contributed by atoms with Crippen molar-refractivity contribution in [2.45, 2.75) is 0 Å². The number of furan rings is 1. The molecule has 1 N–H and O–H groups in total. The van der Waals surface area contributed by atoms with Crippen molar-refractivity contribution >= 4 is 34.6 Å². The minimum Gasteiger partial charge on any atom is -0.508 e. The normalized spacial score (nSPS) is 18.9. The van der Waals surface area contributed by atoms with Crippen LogP contribution in [0.2, 0.25) is 0 Å². The van der Waals surface area contributed by atoms with Crippen LogP contribution in [-0.2, 0) is 4.79 Å². The van der Waals surface area contributed by atoms with E-state index in [0.29, 0.717) is 21.5 Å². The minimum atomic E-state index is -0.129. The topological polar surface area (TPSA) is 66.0 Å². The van der Waals surface area contributed by atoms with Crippen LogP contribution in [0.15, 0.2) is 57.0 Å². The number of aromatic hydroxyl groups is 1. The molecule has 2 aromatic rings.